The highest BCUT2D eigenvalue weighted by atomic mass is 35.5. The molecule has 0 saturated heterocycles. The first-order chi connectivity index (χ1) is 9.15. The van der Waals surface area contributed by atoms with Gasteiger partial charge in [-0.2, -0.15) is 0 Å². The molecule has 0 aliphatic carbocycles. The molecule has 0 amide bonds. The Hall–Kier alpha value is -1.88. The minimum Gasteiger partial charge on any atom is -0.486 e. The molecule has 0 fully saturated rings. The number of benzene rings is 1. The molecule has 2 aromatic rings. The first-order valence-electron chi connectivity index (χ1n) is 6.01. The Morgan fingerprint density at radius 1 is 1.37 bits per heavy atom. The largest absolute Gasteiger partial charge is 0.486 e. The van der Waals surface area contributed by atoms with Gasteiger partial charge in [-0.3, -0.25) is 0 Å². The summed E-state index contributed by atoms with van der Waals surface area (Å²) in [6, 6.07) is 3.80. The number of fused-ring (bicyclic) bond motifs is 1. The van der Waals surface area contributed by atoms with Crippen LogP contribution in [0.5, 0.6) is 11.5 Å². The third kappa shape index (κ3) is 2.21. The molecule has 1 aliphatic rings. The zero-order valence-electron chi connectivity index (χ0n) is 10.5. The monoisotopic (exact) mass is 279 g/mol. The number of imidazole rings is 1. The van der Waals surface area contributed by atoms with E-state index in [1.165, 1.54) is 0 Å². The van der Waals surface area contributed by atoms with Crippen molar-refractivity contribution < 1.29 is 9.47 Å². The van der Waals surface area contributed by atoms with E-state index in [4.69, 9.17) is 26.8 Å². The predicted molar refractivity (Wildman–Crippen MR) is 72.9 cm³/mol. The fourth-order valence-corrected chi connectivity index (χ4v) is 2.41. The Bertz CT molecular complexity index is 605. The molecule has 0 bridgehead atoms. The van der Waals surface area contributed by atoms with Gasteiger partial charge in [-0.25, -0.2) is 4.98 Å². The number of rotatable bonds is 2. The summed E-state index contributed by atoms with van der Waals surface area (Å²) in [4.78, 5) is 4.07. The van der Waals surface area contributed by atoms with Gasteiger partial charge < -0.3 is 19.8 Å². The van der Waals surface area contributed by atoms with Crippen molar-refractivity contribution in [2.45, 2.75) is 13.5 Å². The second kappa shape index (κ2) is 4.66. The summed E-state index contributed by atoms with van der Waals surface area (Å²) in [5.74, 6) is 1.79. The lowest BCUT2D eigenvalue weighted by molar-refractivity contribution is 0.171. The quantitative estimate of drug-likeness (QED) is 0.916. The molecule has 2 N–H and O–H groups in total. The molecule has 3 rings (SSSR count). The normalized spacial score (nSPS) is 13.6. The second-order valence-corrected chi connectivity index (χ2v) is 4.85. The second-order valence-electron chi connectivity index (χ2n) is 4.45. The van der Waals surface area contributed by atoms with Crippen molar-refractivity contribution in [1.82, 2.24) is 9.55 Å². The van der Waals surface area contributed by atoms with E-state index in [0.29, 0.717) is 42.2 Å². The number of anilines is 1. The summed E-state index contributed by atoms with van der Waals surface area (Å²) in [7, 11) is 0. The van der Waals surface area contributed by atoms with E-state index in [-0.39, 0.29) is 0 Å². The van der Waals surface area contributed by atoms with E-state index in [9.17, 15) is 0 Å². The summed E-state index contributed by atoms with van der Waals surface area (Å²) in [6.45, 7) is 3.63. The summed E-state index contributed by atoms with van der Waals surface area (Å²) >= 11 is 6.21. The summed E-state index contributed by atoms with van der Waals surface area (Å²) in [5.41, 5.74) is 7.83. The SMILES string of the molecule is Cc1cnc(N)n1Cc1cc(Cl)c2c(c1)OCCO2. The number of hydrogen-bond acceptors (Lipinski definition) is 4. The van der Waals surface area contributed by atoms with Gasteiger partial charge in [0.05, 0.1) is 17.8 Å². The van der Waals surface area contributed by atoms with E-state index in [2.05, 4.69) is 4.98 Å². The fourth-order valence-electron chi connectivity index (χ4n) is 2.12. The third-order valence-electron chi connectivity index (χ3n) is 3.08. The number of aryl methyl sites for hydroxylation is 1. The Morgan fingerprint density at radius 3 is 2.89 bits per heavy atom. The molecule has 5 nitrogen and oxygen atoms in total. The zero-order chi connectivity index (χ0) is 13.4. The van der Waals surface area contributed by atoms with E-state index in [1.54, 1.807) is 6.20 Å². The number of aromatic nitrogens is 2. The number of hydrogen-bond donors (Lipinski definition) is 1. The van der Waals surface area contributed by atoms with Gasteiger partial charge in [-0.1, -0.05) is 11.6 Å². The van der Waals surface area contributed by atoms with Crippen LogP contribution < -0.4 is 15.2 Å². The van der Waals surface area contributed by atoms with Crippen molar-refractivity contribution in [3.05, 3.63) is 34.6 Å². The third-order valence-corrected chi connectivity index (χ3v) is 3.36. The van der Waals surface area contributed by atoms with E-state index in [1.807, 2.05) is 23.6 Å². The van der Waals surface area contributed by atoms with Crippen LogP contribution in [0.25, 0.3) is 0 Å². The average Bonchev–Trinajstić information content (AvgIpc) is 2.71. The molecule has 0 atom stereocenters. The minimum atomic E-state index is 0.489. The van der Waals surface area contributed by atoms with Crippen molar-refractivity contribution in [2.24, 2.45) is 0 Å². The van der Waals surface area contributed by atoms with Crippen LogP contribution in [0, 0.1) is 6.92 Å². The molecule has 1 aliphatic heterocycles. The molecule has 0 spiro atoms. The lowest BCUT2D eigenvalue weighted by atomic mass is 10.2. The van der Waals surface area contributed by atoms with Gasteiger partial charge in [-0.15, -0.1) is 0 Å². The highest BCUT2D eigenvalue weighted by Crippen LogP contribution is 2.38. The van der Waals surface area contributed by atoms with Gasteiger partial charge in [0, 0.05) is 5.69 Å². The van der Waals surface area contributed by atoms with Crippen molar-refractivity contribution in [2.75, 3.05) is 18.9 Å². The number of nitrogens with zero attached hydrogens (tertiary/aromatic N) is 2. The van der Waals surface area contributed by atoms with Gasteiger partial charge in [0.2, 0.25) is 5.95 Å². The maximum Gasteiger partial charge on any atom is 0.200 e. The van der Waals surface area contributed by atoms with Crippen LogP contribution >= 0.6 is 11.6 Å². The summed E-state index contributed by atoms with van der Waals surface area (Å²) in [6.07, 6.45) is 1.74. The molecule has 0 unspecified atom stereocenters. The van der Waals surface area contributed by atoms with Crippen LogP contribution in [-0.2, 0) is 6.54 Å². The Balaban J connectivity index is 1.96. The smallest absolute Gasteiger partial charge is 0.200 e. The van der Waals surface area contributed by atoms with Crippen LogP contribution in [0.3, 0.4) is 0 Å². The van der Waals surface area contributed by atoms with Crippen molar-refractivity contribution in [3.8, 4) is 11.5 Å². The van der Waals surface area contributed by atoms with Gasteiger partial charge in [0.15, 0.2) is 11.5 Å². The van der Waals surface area contributed by atoms with Gasteiger partial charge in [-0.05, 0) is 24.6 Å². The molecule has 2 heterocycles. The zero-order valence-corrected chi connectivity index (χ0v) is 11.3. The van der Waals surface area contributed by atoms with Gasteiger partial charge >= 0.3 is 0 Å². The van der Waals surface area contributed by atoms with Crippen LogP contribution in [0.2, 0.25) is 5.02 Å². The van der Waals surface area contributed by atoms with Crippen molar-refractivity contribution in [3.63, 3.8) is 0 Å². The highest BCUT2D eigenvalue weighted by Gasteiger charge is 2.17. The molecule has 100 valence electrons. The summed E-state index contributed by atoms with van der Waals surface area (Å²) in [5, 5.41) is 0.559. The number of nitrogen functional groups attached to an aromatic ring is 1. The van der Waals surface area contributed by atoms with E-state index in [0.717, 1.165) is 11.3 Å². The first kappa shape index (κ1) is 12.2. The van der Waals surface area contributed by atoms with Crippen LogP contribution in [0.1, 0.15) is 11.3 Å². The molecule has 1 aromatic carbocycles. The molecule has 1 aromatic heterocycles. The molecular formula is C13H14ClN3O2. The van der Waals surface area contributed by atoms with Gasteiger partial charge in [0.25, 0.3) is 0 Å². The number of ether oxygens (including phenoxy) is 2. The topological polar surface area (TPSA) is 62.3 Å². The van der Waals surface area contributed by atoms with Gasteiger partial charge in [0.1, 0.15) is 13.2 Å². The standard InChI is InChI=1S/C13H14ClN3O2/c1-8-6-16-13(15)17(8)7-9-4-10(14)12-11(5-9)18-2-3-19-12/h4-6H,2-3,7H2,1H3,(H2,15,16). The Morgan fingerprint density at radius 2 is 2.16 bits per heavy atom. The van der Waals surface area contributed by atoms with Crippen molar-refractivity contribution in [1.29, 1.82) is 0 Å². The maximum absolute atomic E-state index is 6.21. The lowest BCUT2D eigenvalue weighted by Gasteiger charge is -2.20. The Kier molecular flexibility index (Phi) is 2.98. The number of halogens is 1. The van der Waals surface area contributed by atoms with Crippen molar-refractivity contribution >= 4 is 17.5 Å². The molecule has 19 heavy (non-hydrogen) atoms. The first-order valence-corrected chi connectivity index (χ1v) is 6.38. The van der Waals surface area contributed by atoms with Crippen LogP contribution in [0.4, 0.5) is 5.95 Å². The molecule has 6 heteroatoms. The molecule has 0 radical (unpaired) electrons. The fraction of sp³-hybridized carbons (Fsp3) is 0.308. The van der Waals surface area contributed by atoms with Crippen LogP contribution in [-0.4, -0.2) is 22.8 Å². The minimum absolute atomic E-state index is 0.489. The summed E-state index contributed by atoms with van der Waals surface area (Å²) < 4.78 is 13.0. The molecular weight excluding hydrogens is 266 g/mol. The Labute approximate surface area is 115 Å². The highest BCUT2D eigenvalue weighted by molar-refractivity contribution is 6.32. The van der Waals surface area contributed by atoms with Crippen LogP contribution in [0.15, 0.2) is 18.3 Å². The van der Waals surface area contributed by atoms with E-state index >= 15 is 0 Å². The average molecular weight is 280 g/mol. The van der Waals surface area contributed by atoms with E-state index < -0.39 is 0 Å². The molecule has 0 saturated carbocycles. The lowest BCUT2D eigenvalue weighted by Crippen LogP contribution is -2.16. The maximum atomic E-state index is 6.21. The number of nitrogens with two attached hydrogens (primary N) is 1. The predicted octanol–water partition coefficient (Wildman–Crippen LogP) is 2.25.